The summed E-state index contributed by atoms with van der Waals surface area (Å²) in [5.74, 6) is 0.807. The molecule has 0 amide bonds. The zero-order valence-corrected chi connectivity index (χ0v) is 16.5. The van der Waals surface area contributed by atoms with Gasteiger partial charge in [0.2, 0.25) is 0 Å². The average molecular weight is 383 g/mol. The predicted molar refractivity (Wildman–Crippen MR) is 110 cm³/mol. The summed E-state index contributed by atoms with van der Waals surface area (Å²) in [6.45, 7) is 4.45. The molecule has 3 rings (SSSR count). The fraction of sp³-hybridized carbons (Fsp3) is 0.136. The summed E-state index contributed by atoms with van der Waals surface area (Å²) in [6, 6.07) is 21.5. The normalized spacial score (nSPS) is 11.0. The first kappa shape index (κ1) is 18.6. The minimum Gasteiger partial charge on any atom is -0.489 e. The first-order valence-corrected chi connectivity index (χ1v) is 9.76. The largest absolute Gasteiger partial charge is 0.489 e. The molecule has 0 fully saturated rings. The van der Waals surface area contributed by atoms with Gasteiger partial charge in [-0.1, -0.05) is 60.1 Å². The summed E-state index contributed by atoms with van der Waals surface area (Å²) in [5, 5.41) is 1.53. The highest BCUT2D eigenvalue weighted by Gasteiger charge is 2.15. The number of halogens is 1. The van der Waals surface area contributed by atoms with Gasteiger partial charge in [0, 0.05) is 5.56 Å². The molecule has 0 radical (unpaired) electrons. The van der Waals surface area contributed by atoms with Crippen LogP contribution in [0.3, 0.4) is 0 Å². The summed E-state index contributed by atoms with van der Waals surface area (Å²) in [6.07, 6.45) is 0. The van der Waals surface area contributed by atoms with Gasteiger partial charge in [-0.2, -0.15) is 0 Å². The third-order valence-electron chi connectivity index (χ3n) is 4.14. The zero-order valence-electron chi connectivity index (χ0n) is 14.8. The molecule has 1 atom stereocenters. The lowest BCUT2D eigenvalue weighted by molar-refractivity contribution is 0.108. The third kappa shape index (κ3) is 4.52. The highest BCUT2D eigenvalue weighted by atomic mass is 35.5. The topological polar surface area (TPSA) is 26.3 Å². The molecule has 0 aliphatic heterocycles. The fourth-order valence-corrected chi connectivity index (χ4v) is 4.24. The Morgan fingerprint density at radius 2 is 1.73 bits per heavy atom. The Labute approximate surface area is 160 Å². The van der Waals surface area contributed by atoms with E-state index >= 15 is 0 Å². The van der Waals surface area contributed by atoms with Crippen LogP contribution in [-0.2, 0) is 6.61 Å². The van der Waals surface area contributed by atoms with Gasteiger partial charge in [-0.3, -0.25) is 4.79 Å². The van der Waals surface area contributed by atoms with Gasteiger partial charge in [0.05, 0.1) is 5.02 Å². The van der Waals surface area contributed by atoms with E-state index in [0.717, 1.165) is 27.7 Å². The molecule has 26 heavy (non-hydrogen) atoms. The first-order chi connectivity index (χ1) is 12.5. The SMILES string of the molecule is Cc1cc(OCc2ccccc2)ccc1PC(=O)c1c(C)cccc1Cl. The van der Waals surface area contributed by atoms with Gasteiger partial charge in [-0.05, 0) is 62.6 Å². The van der Waals surface area contributed by atoms with Crippen LogP contribution >= 0.6 is 20.2 Å². The van der Waals surface area contributed by atoms with E-state index in [9.17, 15) is 4.79 Å². The average Bonchev–Trinajstić information content (AvgIpc) is 2.63. The standard InChI is InChI=1S/C22H20ClO2P/c1-15-7-6-10-19(23)21(15)22(24)26-20-12-11-18(13-16(20)2)25-14-17-8-4-3-5-9-17/h3-13,26H,14H2,1-2H3. The molecule has 4 heteroatoms. The second-order valence-corrected chi connectivity index (χ2v) is 7.79. The van der Waals surface area contributed by atoms with Crippen molar-refractivity contribution in [1.82, 2.24) is 0 Å². The predicted octanol–water partition coefficient (Wildman–Crippen LogP) is 5.68. The van der Waals surface area contributed by atoms with Crippen molar-refractivity contribution in [2.75, 3.05) is 0 Å². The van der Waals surface area contributed by atoms with Crippen LogP contribution in [0.2, 0.25) is 5.02 Å². The van der Waals surface area contributed by atoms with Crippen LogP contribution in [-0.4, -0.2) is 5.52 Å². The van der Waals surface area contributed by atoms with Crippen LogP contribution in [0.25, 0.3) is 0 Å². The number of aryl methyl sites for hydroxylation is 2. The number of ether oxygens (including phenoxy) is 1. The van der Waals surface area contributed by atoms with Crippen LogP contribution in [0, 0.1) is 13.8 Å². The molecule has 0 aliphatic carbocycles. The van der Waals surface area contributed by atoms with Gasteiger partial charge in [-0.15, -0.1) is 0 Å². The van der Waals surface area contributed by atoms with Gasteiger partial charge in [0.25, 0.3) is 0 Å². The lowest BCUT2D eigenvalue weighted by Crippen LogP contribution is -2.07. The van der Waals surface area contributed by atoms with Crippen molar-refractivity contribution in [3.05, 3.63) is 94.0 Å². The molecule has 0 saturated heterocycles. The van der Waals surface area contributed by atoms with Crippen molar-refractivity contribution in [3.8, 4) is 5.75 Å². The second kappa shape index (κ2) is 8.49. The molecule has 1 unspecified atom stereocenters. The van der Waals surface area contributed by atoms with E-state index in [0.29, 0.717) is 17.2 Å². The van der Waals surface area contributed by atoms with Gasteiger partial charge in [-0.25, -0.2) is 0 Å². The Kier molecular flexibility index (Phi) is 6.08. The van der Waals surface area contributed by atoms with Crippen LogP contribution < -0.4 is 10.0 Å². The Bertz CT molecular complexity index is 902. The van der Waals surface area contributed by atoms with Crippen molar-refractivity contribution < 1.29 is 9.53 Å². The number of hydrogen-bond donors (Lipinski definition) is 0. The molecule has 3 aromatic rings. The van der Waals surface area contributed by atoms with Gasteiger partial charge >= 0.3 is 0 Å². The Hall–Kier alpha value is -2.15. The zero-order chi connectivity index (χ0) is 18.5. The Morgan fingerprint density at radius 1 is 0.962 bits per heavy atom. The summed E-state index contributed by atoms with van der Waals surface area (Å²) in [4.78, 5) is 12.7. The molecule has 132 valence electrons. The maximum Gasteiger partial charge on any atom is 0.187 e. The summed E-state index contributed by atoms with van der Waals surface area (Å²) in [7, 11) is 0.0397. The molecule has 3 aromatic carbocycles. The molecule has 0 bridgehead atoms. The molecular weight excluding hydrogens is 363 g/mol. The molecule has 0 spiro atoms. The van der Waals surface area contributed by atoms with Gasteiger partial charge < -0.3 is 4.74 Å². The number of benzene rings is 3. The highest BCUT2D eigenvalue weighted by molar-refractivity contribution is 7.66. The molecule has 0 saturated carbocycles. The van der Waals surface area contributed by atoms with E-state index in [4.69, 9.17) is 16.3 Å². The second-order valence-electron chi connectivity index (χ2n) is 6.14. The van der Waals surface area contributed by atoms with E-state index in [2.05, 4.69) is 0 Å². The minimum atomic E-state index is 0.0397. The lowest BCUT2D eigenvalue weighted by Gasteiger charge is -2.11. The Balaban J connectivity index is 1.70. The monoisotopic (exact) mass is 382 g/mol. The number of carbonyl (C=O) groups is 1. The van der Waals surface area contributed by atoms with Crippen molar-refractivity contribution in [1.29, 1.82) is 0 Å². The van der Waals surface area contributed by atoms with E-state index < -0.39 is 0 Å². The van der Waals surface area contributed by atoms with E-state index in [1.54, 1.807) is 6.07 Å². The minimum absolute atomic E-state index is 0.0397. The number of hydrogen-bond acceptors (Lipinski definition) is 2. The maximum absolute atomic E-state index is 12.7. The van der Waals surface area contributed by atoms with Crippen molar-refractivity contribution in [2.24, 2.45) is 0 Å². The van der Waals surface area contributed by atoms with Crippen molar-refractivity contribution >= 4 is 31.0 Å². The van der Waals surface area contributed by atoms with Crippen LogP contribution in [0.5, 0.6) is 5.75 Å². The lowest BCUT2D eigenvalue weighted by atomic mass is 10.1. The molecule has 0 aliphatic rings. The van der Waals surface area contributed by atoms with Crippen LogP contribution in [0.15, 0.2) is 66.7 Å². The summed E-state index contributed by atoms with van der Waals surface area (Å²) in [5.41, 5.74) is 3.77. The molecule has 0 aromatic heterocycles. The van der Waals surface area contributed by atoms with Crippen molar-refractivity contribution in [2.45, 2.75) is 20.5 Å². The van der Waals surface area contributed by atoms with E-state index in [1.807, 2.05) is 74.5 Å². The van der Waals surface area contributed by atoms with Gasteiger partial charge in [0.15, 0.2) is 5.52 Å². The maximum atomic E-state index is 12.7. The molecule has 0 heterocycles. The number of carbonyl (C=O) groups excluding carboxylic acids is 1. The molecular formula is C22H20ClO2P. The van der Waals surface area contributed by atoms with Crippen molar-refractivity contribution in [3.63, 3.8) is 0 Å². The van der Waals surface area contributed by atoms with E-state index in [-0.39, 0.29) is 14.1 Å². The van der Waals surface area contributed by atoms with Crippen LogP contribution in [0.1, 0.15) is 27.0 Å². The van der Waals surface area contributed by atoms with Gasteiger partial charge in [0.1, 0.15) is 12.4 Å². The highest BCUT2D eigenvalue weighted by Crippen LogP contribution is 2.29. The molecule has 0 N–H and O–H groups in total. The first-order valence-electron chi connectivity index (χ1n) is 8.38. The number of rotatable bonds is 6. The quantitative estimate of drug-likeness (QED) is 0.513. The smallest absolute Gasteiger partial charge is 0.187 e. The summed E-state index contributed by atoms with van der Waals surface area (Å²) >= 11 is 6.22. The van der Waals surface area contributed by atoms with Crippen LogP contribution in [0.4, 0.5) is 0 Å². The van der Waals surface area contributed by atoms with E-state index in [1.165, 1.54) is 0 Å². The molecule has 2 nitrogen and oxygen atoms in total. The third-order valence-corrected chi connectivity index (χ3v) is 5.77. The fourth-order valence-electron chi connectivity index (χ4n) is 2.71. The summed E-state index contributed by atoms with van der Waals surface area (Å²) < 4.78 is 5.85. The Morgan fingerprint density at radius 3 is 2.42 bits per heavy atom.